The number of hydrogen-bond acceptors (Lipinski definition) is 5. The van der Waals surface area contributed by atoms with Gasteiger partial charge in [-0.3, -0.25) is 4.90 Å². The molecule has 0 aromatic heterocycles. The van der Waals surface area contributed by atoms with Gasteiger partial charge in [0.25, 0.3) is 0 Å². The molecule has 27 heavy (non-hydrogen) atoms. The molecule has 2 fully saturated rings. The average Bonchev–Trinajstić information content (AvgIpc) is 2.73. The van der Waals surface area contributed by atoms with E-state index in [0.29, 0.717) is 31.3 Å². The van der Waals surface area contributed by atoms with E-state index in [4.69, 9.17) is 9.47 Å². The maximum Gasteiger partial charge on any atom is 0.240 e. The molecule has 0 unspecified atom stereocenters. The van der Waals surface area contributed by atoms with E-state index in [1.54, 1.807) is 18.2 Å². The fourth-order valence-corrected chi connectivity index (χ4v) is 5.82. The van der Waals surface area contributed by atoms with E-state index in [0.717, 1.165) is 25.9 Å². The van der Waals surface area contributed by atoms with Gasteiger partial charge in [-0.25, -0.2) is 13.1 Å². The Hall–Kier alpha value is -1.31. The molecule has 0 bridgehead atoms. The molecule has 0 spiro atoms. The van der Waals surface area contributed by atoms with Gasteiger partial charge >= 0.3 is 0 Å². The number of likely N-dealkylation sites (tertiary alicyclic amines) is 1. The molecular weight excluding hydrogens is 364 g/mol. The molecular formula is C20H30N2O4S. The third-order valence-corrected chi connectivity index (χ3v) is 7.63. The van der Waals surface area contributed by atoms with Gasteiger partial charge in [0.2, 0.25) is 10.0 Å². The van der Waals surface area contributed by atoms with Crippen molar-refractivity contribution in [3.63, 3.8) is 0 Å². The van der Waals surface area contributed by atoms with Crippen LogP contribution >= 0.6 is 0 Å². The number of hydrogen-bond donors (Lipinski definition) is 1. The minimum atomic E-state index is -3.58. The maximum absolute atomic E-state index is 13.0. The first-order chi connectivity index (χ1) is 13.1. The molecule has 3 aliphatic rings. The Kier molecular flexibility index (Phi) is 5.62. The van der Waals surface area contributed by atoms with E-state index in [2.05, 4.69) is 9.62 Å². The first kappa shape index (κ1) is 19.0. The lowest BCUT2D eigenvalue weighted by Crippen LogP contribution is -2.58. The van der Waals surface area contributed by atoms with Crippen LogP contribution in [0, 0.1) is 0 Å². The number of sulfonamides is 1. The van der Waals surface area contributed by atoms with Crippen molar-refractivity contribution >= 4 is 10.0 Å². The van der Waals surface area contributed by atoms with Crippen LogP contribution in [0.25, 0.3) is 0 Å². The van der Waals surface area contributed by atoms with Crippen molar-refractivity contribution in [3.05, 3.63) is 18.2 Å². The van der Waals surface area contributed by atoms with Gasteiger partial charge in [-0.15, -0.1) is 0 Å². The fraction of sp³-hybridized carbons (Fsp3) is 0.700. The van der Waals surface area contributed by atoms with Gasteiger partial charge in [0.15, 0.2) is 11.5 Å². The standard InChI is InChI=1S/C20H30N2O4S/c23-27(24,17-7-8-18-19(15-17)26-14-13-25-18)21-16-20(9-3-1-4-10-20)22-11-5-2-6-12-22/h7-8,15,21H,1-6,9-14,16H2. The smallest absolute Gasteiger partial charge is 0.240 e. The van der Waals surface area contributed by atoms with Crippen LogP contribution < -0.4 is 14.2 Å². The summed E-state index contributed by atoms with van der Waals surface area (Å²) in [6.45, 7) is 3.61. The first-order valence-corrected chi connectivity index (χ1v) is 11.7. The van der Waals surface area contributed by atoms with E-state index in [1.165, 1.54) is 38.5 Å². The maximum atomic E-state index is 13.0. The zero-order valence-corrected chi connectivity index (χ0v) is 16.7. The number of fused-ring (bicyclic) bond motifs is 1. The monoisotopic (exact) mass is 394 g/mol. The molecule has 1 saturated carbocycles. The molecule has 4 rings (SSSR count). The predicted octanol–water partition coefficient (Wildman–Crippen LogP) is 2.92. The van der Waals surface area contributed by atoms with E-state index in [9.17, 15) is 8.42 Å². The van der Waals surface area contributed by atoms with E-state index < -0.39 is 10.0 Å². The highest BCUT2D eigenvalue weighted by Gasteiger charge is 2.39. The van der Waals surface area contributed by atoms with E-state index in [-0.39, 0.29) is 10.4 Å². The lowest BCUT2D eigenvalue weighted by atomic mass is 9.79. The largest absolute Gasteiger partial charge is 0.486 e. The molecule has 6 nitrogen and oxygen atoms in total. The molecule has 2 aliphatic heterocycles. The Morgan fingerprint density at radius 2 is 1.59 bits per heavy atom. The summed E-state index contributed by atoms with van der Waals surface area (Å²) < 4.78 is 39.9. The summed E-state index contributed by atoms with van der Waals surface area (Å²) >= 11 is 0. The third kappa shape index (κ3) is 4.10. The minimum Gasteiger partial charge on any atom is -0.486 e. The summed E-state index contributed by atoms with van der Waals surface area (Å²) in [6.07, 6.45) is 9.51. The van der Waals surface area contributed by atoms with Crippen molar-refractivity contribution in [3.8, 4) is 11.5 Å². The van der Waals surface area contributed by atoms with Crippen LogP contribution in [0.1, 0.15) is 51.4 Å². The highest BCUT2D eigenvalue weighted by Crippen LogP contribution is 2.36. The topological polar surface area (TPSA) is 67.9 Å². The normalized spacial score (nSPS) is 23.1. The molecule has 1 aliphatic carbocycles. The Bertz CT molecular complexity index is 753. The highest BCUT2D eigenvalue weighted by atomic mass is 32.2. The Balaban J connectivity index is 1.51. The molecule has 150 valence electrons. The van der Waals surface area contributed by atoms with Crippen molar-refractivity contribution in [1.29, 1.82) is 0 Å². The van der Waals surface area contributed by atoms with Crippen molar-refractivity contribution < 1.29 is 17.9 Å². The summed E-state index contributed by atoms with van der Waals surface area (Å²) in [7, 11) is -3.58. The first-order valence-electron chi connectivity index (χ1n) is 10.2. The van der Waals surface area contributed by atoms with Crippen LogP contribution in [0.5, 0.6) is 11.5 Å². The molecule has 7 heteroatoms. The number of rotatable bonds is 5. The SMILES string of the molecule is O=S(=O)(NCC1(N2CCCCC2)CCCCC1)c1ccc2c(c1)OCCO2. The van der Waals surface area contributed by atoms with E-state index in [1.807, 2.05) is 0 Å². The van der Waals surface area contributed by atoms with Crippen LogP contribution in [0.15, 0.2) is 23.1 Å². The van der Waals surface area contributed by atoms with Gasteiger partial charge in [0, 0.05) is 18.2 Å². The lowest BCUT2D eigenvalue weighted by molar-refractivity contribution is 0.0376. The van der Waals surface area contributed by atoms with Crippen LogP contribution in [0.4, 0.5) is 0 Å². The van der Waals surface area contributed by atoms with Gasteiger partial charge in [0.1, 0.15) is 13.2 Å². The molecule has 1 aromatic rings. The van der Waals surface area contributed by atoms with Crippen LogP contribution in [-0.4, -0.2) is 51.7 Å². The van der Waals surface area contributed by atoms with Gasteiger partial charge in [-0.2, -0.15) is 0 Å². The summed E-state index contributed by atoms with van der Waals surface area (Å²) in [4.78, 5) is 2.80. The Morgan fingerprint density at radius 1 is 0.926 bits per heavy atom. The zero-order valence-electron chi connectivity index (χ0n) is 15.9. The summed E-state index contributed by atoms with van der Waals surface area (Å²) in [5, 5.41) is 0. The molecule has 1 saturated heterocycles. The second kappa shape index (κ2) is 7.97. The van der Waals surface area contributed by atoms with Crippen molar-refractivity contribution in [2.75, 3.05) is 32.8 Å². The molecule has 1 aromatic carbocycles. The lowest BCUT2D eigenvalue weighted by Gasteiger charge is -2.48. The van der Waals surface area contributed by atoms with Crippen molar-refractivity contribution in [2.45, 2.75) is 61.8 Å². The van der Waals surface area contributed by atoms with E-state index >= 15 is 0 Å². The van der Waals surface area contributed by atoms with Crippen LogP contribution in [0.3, 0.4) is 0 Å². The summed E-state index contributed by atoms with van der Waals surface area (Å²) in [5.41, 5.74) is -0.0282. The summed E-state index contributed by atoms with van der Waals surface area (Å²) in [5.74, 6) is 1.12. The second-order valence-electron chi connectivity index (χ2n) is 7.96. The van der Waals surface area contributed by atoms with Gasteiger partial charge in [-0.1, -0.05) is 25.7 Å². The fourth-order valence-electron chi connectivity index (χ4n) is 4.69. The number of ether oxygens (including phenoxy) is 2. The molecule has 2 heterocycles. The third-order valence-electron chi connectivity index (χ3n) is 6.23. The predicted molar refractivity (Wildman–Crippen MR) is 104 cm³/mol. The Labute approximate surface area is 162 Å². The molecule has 1 N–H and O–H groups in total. The quantitative estimate of drug-likeness (QED) is 0.832. The number of benzene rings is 1. The summed E-state index contributed by atoms with van der Waals surface area (Å²) in [6, 6.07) is 4.86. The number of nitrogens with one attached hydrogen (secondary N) is 1. The Morgan fingerprint density at radius 3 is 2.33 bits per heavy atom. The molecule has 0 atom stereocenters. The van der Waals surface area contributed by atoms with Crippen molar-refractivity contribution in [2.24, 2.45) is 0 Å². The minimum absolute atomic E-state index is 0.0282. The van der Waals surface area contributed by atoms with Crippen molar-refractivity contribution in [1.82, 2.24) is 9.62 Å². The molecule has 0 amide bonds. The molecule has 0 radical (unpaired) electrons. The highest BCUT2D eigenvalue weighted by molar-refractivity contribution is 7.89. The van der Waals surface area contributed by atoms with Gasteiger partial charge in [-0.05, 0) is 50.9 Å². The van der Waals surface area contributed by atoms with Crippen LogP contribution in [0.2, 0.25) is 0 Å². The zero-order chi connectivity index (χ0) is 18.7. The van der Waals surface area contributed by atoms with Crippen LogP contribution in [-0.2, 0) is 10.0 Å². The second-order valence-corrected chi connectivity index (χ2v) is 9.73. The van der Waals surface area contributed by atoms with Gasteiger partial charge in [0.05, 0.1) is 4.90 Å². The average molecular weight is 395 g/mol. The van der Waals surface area contributed by atoms with Gasteiger partial charge < -0.3 is 9.47 Å². The number of piperidine rings is 1. The number of nitrogens with zero attached hydrogens (tertiary/aromatic N) is 1.